The van der Waals surface area contributed by atoms with Crippen molar-refractivity contribution in [1.82, 2.24) is 0 Å². The van der Waals surface area contributed by atoms with Gasteiger partial charge in [-0.05, 0) is 49.2 Å². The van der Waals surface area contributed by atoms with Gasteiger partial charge in [-0.3, -0.25) is 9.10 Å². The Hall–Kier alpha value is -1.76. The summed E-state index contributed by atoms with van der Waals surface area (Å²) in [4.78, 5) is 12.5. The summed E-state index contributed by atoms with van der Waals surface area (Å²) in [5, 5.41) is 3.35. The van der Waals surface area contributed by atoms with Crippen molar-refractivity contribution in [2.45, 2.75) is 19.4 Å². The Balaban J connectivity index is 1.90. The summed E-state index contributed by atoms with van der Waals surface area (Å²) in [6.07, 6.45) is 1.74. The van der Waals surface area contributed by atoms with Crippen LogP contribution in [0.25, 0.3) is 0 Å². The molecule has 0 aliphatic carbocycles. The molecular formula is C17H16Cl2N2O3S. The average Bonchev–Trinajstić information content (AvgIpc) is 2.86. The Kier molecular flexibility index (Phi) is 4.70. The molecule has 2 aromatic carbocycles. The van der Waals surface area contributed by atoms with Gasteiger partial charge in [-0.25, -0.2) is 8.42 Å². The molecule has 0 unspecified atom stereocenters. The van der Waals surface area contributed by atoms with Gasteiger partial charge in [0.2, 0.25) is 10.0 Å². The van der Waals surface area contributed by atoms with Crippen LogP contribution in [-0.2, 0) is 16.4 Å². The molecule has 1 aliphatic heterocycles. The van der Waals surface area contributed by atoms with Crippen LogP contribution in [0.2, 0.25) is 10.0 Å². The second-order valence-electron chi connectivity index (χ2n) is 6.01. The molecule has 0 spiro atoms. The van der Waals surface area contributed by atoms with E-state index in [1.54, 1.807) is 36.4 Å². The lowest BCUT2D eigenvalue weighted by molar-refractivity contribution is 0.102. The molecule has 5 nitrogen and oxygen atoms in total. The van der Waals surface area contributed by atoms with Crippen LogP contribution >= 0.6 is 23.2 Å². The summed E-state index contributed by atoms with van der Waals surface area (Å²) in [5.74, 6) is -0.336. The number of carbonyl (C=O) groups is 1. The van der Waals surface area contributed by atoms with Gasteiger partial charge in [0.15, 0.2) is 0 Å². The maximum Gasteiger partial charge on any atom is 0.255 e. The van der Waals surface area contributed by atoms with Gasteiger partial charge in [-0.1, -0.05) is 29.3 Å². The largest absolute Gasteiger partial charge is 0.321 e. The van der Waals surface area contributed by atoms with E-state index in [0.717, 1.165) is 5.56 Å². The van der Waals surface area contributed by atoms with Gasteiger partial charge >= 0.3 is 0 Å². The highest BCUT2D eigenvalue weighted by atomic mass is 35.5. The van der Waals surface area contributed by atoms with E-state index in [4.69, 9.17) is 23.2 Å². The van der Waals surface area contributed by atoms with Crippen molar-refractivity contribution in [1.29, 1.82) is 0 Å². The first kappa shape index (κ1) is 18.0. The number of hydrogen-bond acceptors (Lipinski definition) is 3. The lowest BCUT2D eigenvalue weighted by Gasteiger charge is -2.21. The van der Waals surface area contributed by atoms with Gasteiger partial charge in [0.25, 0.3) is 5.91 Å². The Morgan fingerprint density at radius 1 is 1.24 bits per heavy atom. The van der Waals surface area contributed by atoms with Crippen LogP contribution in [0.4, 0.5) is 11.4 Å². The molecule has 0 bridgehead atoms. The van der Waals surface area contributed by atoms with E-state index in [0.29, 0.717) is 28.4 Å². The normalized spacial score (nSPS) is 16.6. The number of nitrogens with zero attached hydrogens (tertiary/aromatic N) is 1. The van der Waals surface area contributed by atoms with Gasteiger partial charge in [0.1, 0.15) is 0 Å². The Morgan fingerprint density at radius 2 is 1.96 bits per heavy atom. The summed E-state index contributed by atoms with van der Waals surface area (Å²) in [7, 11) is -3.36. The number of nitrogens with one attached hydrogen (secondary N) is 1. The predicted octanol–water partition coefficient (Wildman–Crippen LogP) is 3.96. The maximum atomic E-state index is 12.5. The van der Waals surface area contributed by atoms with Crippen molar-refractivity contribution < 1.29 is 13.2 Å². The standard InChI is InChI=1S/C17H16Cl2N2O3S/c1-10-8-12-9-11(6-7-15(12)21(10)25(2,23)24)17(22)20-14-5-3-4-13(18)16(14)19/h3-7,9-10H,8H2,1-2H3,(H,20,22)/t10-/m1/s1. The molecule has 0 saturated carbocycles. The molecule has 2 aromatic rings. The highest BCUT2D eigenvalue weighted by Crippen LogP contribution is 2.35. The van der Waals surface area contributed by atoms with Crippen molar-refractivity contribution in [2.75, 3.05) is 15.9 Å². The van der Waals surface area contributed by atoms with Gasteiger partial charge in [0.05, 0.1) is 27.7 Å². The molecule has 0 saturated heterocycles. The lowest BCUT2D eigenvalue weighted by atomic mass is 10.1. The molecule has 0 radical (unpaired) electrons. The number of halogens is 2. The summed E-state index contributed by atoms with van der Waals surface area (Å²) in [6.45, 7) is 1.84. The van der Waals surface area contributed by atoms with Crippen LogP contribution in [0.5, 0.6) is 0 Å². The lowest BCUT2D eigenvalue weighted by Crippen LogP contribution is -2.34. The third-order valence-corrected chi connectivity index (χ3v) is 6.14. The van der Waals surface area contributed by atoms with Crippen molar-refractivity contribution >= 4 is 50.5 Å². The number of sulfonamides is 1. The molecule has 8 heteroatoms. The van der Waals surface area contributed by atoms with E-state index in [1.165, 1.54) is 10.6 Å². The Bertz CT molecular complexity index is 960. The van der Waals surface area contributed by atoms with Gasteiger partial charge in [-0.2, -0.15) is 0 Å². The fraction of sp³-hybridized carbons (Fsp3) is 0.235. The number of benzene rings is 2. The highest BCUT2D eigenvalue weighted by molar-refractivity contribution is 7.92. The quantitative estimate of drug-likeness (QED) is 0.850. The first-order chi connectivity index (χ1) is 11.7. The van der Waals surface area contributed by atoms with Crippen LogP contribution in [-0.4, -0.2) is 26.6 Å². The van der Waals surface area contributed by atoms with E-state index >= 15 is 0 Å². The first-order valence-electron chi connectivity index (χ1n) is 7.56. The minimum Gasteiger partial charge on any atom is -0.321 e. The van der Waals surface area contributed by atoms with E-state index in [9.17, 15) is 13.2 Å². The number of fused-ring (bicyclic) bond motifs is 1. The van der Waals surface area contributed by atoms with E-state index in [2.05, 4.69) is 5.32 Å². The molecule has 25 heavy (non-hydrogen) atoms. The fourth-order valence-electron chi connectivity index (χ4n) is 3.04. The van der Waals surface area contributed by atoms with Crippen LogP contribution in [0.3, 0.4) is 0 Å². The molecule has 132 valence electrons. The molecule has 1 atom stereocenters. The van der Waals surface area contributed by atoms with Crippen molar-refractivity contribution in [3.63, 3.8) is 0 Å². The topological polar surface area (TPSA) is 66.5 Å². The summed E-state index contributed by atoms with van der Waals surface area (Å²) >= 11 is 12.0. The first-order valence-corrected chi connectivity index (χ1v) is 10.2. The van der Waals surface area contributed by atoms with Gasteiger partial charge in [-0.15, -0.1) is 0 Å². The van der Waals surface area contributed by atoms with Crippen LogP contribution < -0.4 is 9.62 Å². The molecule has 1 heterocycles. The van der Waals surface area contributed by atoms with Crippen molar-refractivity contribution in [3.05, 3.63) is 57.6 Å². The third-order valence-electron chi connectivity index (χ3n) is 4.05. The second kappa shape index (κ2) is 6.52. The molecule has 1 N–H and O–H groups in total. The average molecular weight is 399 g/mol. The predicted molar refractivity (Wildman–Crippen MR) is 101 cm³/mol. The third kappa shape index (κ3) is 3.47. The molecule has 1 amide bonds. The van der Waals surface area contributed by atoms with Gasteiger partial charge < -0.3 is 5.32 Å². The number of anilines is 2. The van der Waals surface area contributed by atoms with E-state index in [1.807, 2.05) is 6.92 Å². The minimum absolute atomic E-state index is 0.175. The van der Waals surface area contributed by atoms with Crippen molar-refractivity contribution in [2.24, 2.45) is 0 Å². The Morgan fingerprint density at radius 3 is 2.64 bits per heavy atom. The summed E-state index contributed by atoms with van der Waals surface area (Å²) in [5.41, 5.74) is 2.29. The monoisotopic (exact) mass is 398 g/mol. The molecular weight excluding hydrogens is 383 g/mol. The number of carbonyl (C=O) groups excluding carboxylic acids is 1. The van der Waals surface area contributed by atoms with Crippen LogP contribution in [0.1, 0.15) is 22.8 Å². The highest BCUT2D eigenvalue weighted by Gasteiger charge is 2.32. The summed E-state index contributed by atoms with van der Waals surface area (Å²) < 4.78 is 25.3. The molecule has 3 rings (SSSR count). The second-order valence-corrected chi connectivity index (χ2v) is 8.66. The zero-order valence-electron chi connectivity index (χ0n) is 13.6. The zero-order chi connectivity index (χ0) is 18.4. The molecule has 0 fully saturated rings. The summed E-state index contributed by atoms with van der Waals surface area (Å²) in [6, 6.07) is 9.79. The van der Waals surface area contributed by atoms with Crippen LogP contribution in [0, 0.1) is 0 Å². The van der Waals surface area contributed by atoms with Gasteiger partial charge in [0, 0.05) is 11.6 Å². The minimum atomic E-state index is -3.36. The zero-order valence-corrected chi connectivity index (χ0v) is 15.9. The number of rotatable bonds is 3. The number of hydrogen-bond donors (Lipinski definition) is 1. The Labute approximate surface area is 156 Å². The fourth-order valence-corrected chi connectivity index (χ4v) is 4.66. The van der Waals surface area contributed by atoms with Crippen molar-refractivity contribution in [3.8, 4) is 0 Å². The van der Waals surface area contributed by atoms with Crippen LogP contribution in [0.15, 0.2) is 36.4 Å². The van der Waals surface area contributed by atoms with E-state index < -0.39 is 10.0 Å². The smallest absolute Gasteiger partial charge is 0.255 e. The maximum absolute atomic E-state index is 12.5. The van der Waals surface area contributed by atoms with E-state index in [-0.39, 0.29) is 17.0 Å². The SMILES string of the molecule is C[C@@H]1Cc2cc(C(=O)Nc3cccc(Cl)c3Cl)ccc2N1S(C)(=O)=O. The molecule has 1 aliphatic rings. The number of amides is 1. The molecule has 0 aromatic heterocycles.